The van der Waals surface area contributed by atoms with E-state index in [1.54, 1.807) is 53.4 Å². The Labute approximate surface area is 296 Å². The predicted octanol–water partition coefficient (Wildman–Crippen LogP) is 4.73. The number of H-pyrrole nitrogens is 1. The Kier molecular flexibility index (Phi) is 10.5. The first-order chi connectivity index (χ1) is 24.7. The number of aromatic amines is 1. The lowest BCUT2D eigenvalue weighted by Crippen LogP contribution is -2.76. The molecule has 0 radical (unpaired) electrons. The molecule has 2 fully saturated rings. The van der Waals surface area contributed by atoms with Gasteiger partial charge in [-0.05, 0) is 42.7 Å². The maximum absolute atomic E-state index is 14.5. The Hall–Kier alpha value is -5.88. The molecular weight excluding hydrogens is 648 g/mol. The van der Waals surface area contributed by atoms with Crippen molar-refractivity contribution in [1.82, 2.24) is 30.1 Å². The van der Waals surface area contributed by atoms with E-state index >= 15 is 0 Å². The summed E-state index contributed by atoms with van der Waals surface area (Å²) in [5.74, 6) is -0.159. The molecule has 3 heterocycles. The van der Waals surface area contributed by atoms with E-state index in [9.17, 15) is 24.3 Å². The fraction of sp³-hybridized carbons (Fsp3) is 0.282. The number of para-hydroxylation sites is 1. The zero-order chi connectivity index (χ0) is 36.1. The van der Waals surface area contributed by atoms with Crippen molar-refractivity contribution in [3.8, 4) is 5.75 Å². The summed E-state index contributed by atoms with van der Waals surface area (Å²) < 4.78 is 5.46. The molecule has 2 atom stereocenters. The number of aromatic hydroxyl groups is 1. The molecule has 2 aliphatic rings. The number of allylic oxidation sites excluding steroid dienone is 2. The van der Waals surface area contributed by atoms with Crippen LogP contribution in [0.15, 0.2) is 103 Å². The van der Waals surface area contributed by atoms with Crippen LogP contribution in [0.5, 0.6) is 5.75 Å². The normalized spacial score (nSPS) is 18.2. The van der Waals surface area contributed by atoms with E-state index in [0.717, 1.165) is 16.7 Å². The molecule has 12 nitrogen and oxygen atoms in total. The van der Waals surface area contributed by atoms with Crippen LogP contribution in [0, 0.1) is 0 Å². The number of carbonyl (C=O) groups excluding carboxylic acids is 4. The fourth-order valence-electron chi connectivity index (χ4n) is 6.84. The number of hydrogen-bond donors (Lipinski definition) is 3. The number of benzene rings is 3. The monoisotopic (exact) mass is 690 g/mol. The lowest BCUT2D eigenvalue weighted by Gasteiger charge is -2.55. The lowest BCUT2D eigenvalue weighted by molar-refractivity contribution is -0.189. The van der Waals surface area contributed by atoms with E-state index in [2.05, 4.69) is 16.9 Å². The maximum atomic E-state index is 14.5. The summed E-state index contributed by atoms with van der Waals surface area (Å²) in [6.45, 7) is 8.49. The highest BCUT2D eigenvalue weighted by molar-refractivity contribution is 6.13. The summed E-state index contributed by atoms with van der Waals surface area (Å²) in [6.07, 6.45) is 4.10. The van der Waals surface area contributed by atoms with Crippen LogP contribution in [0.25, 0.3) is 10.9 Å². The topological polar surface area (TPSA) is 139 Å². The van der Waals surface area contributed by atoms with Crippen molar-refractivity contribution in [2.45, 2.75) is 45.6 Å². The van der Waals surface area contributed by atoms with Crippen LogP contribution in [-0.2, 0) is 33.8 Å². The Morgan fingerprint density at radius 1 is 1.04 bits per heavy atom. The Morgan fingerprint density at radius 3 is 2.53 bits per heavy atom. The first-order valence-corrected chi connectivity index (χ1v) is 17.0. The van der Waals surface area contributed by atoms with E-state index < -0.39 is 18.2 Å². The van der Waals surface area contributed by atoms with Gasteiger partial charge in [-0.3, -0.25) is 14.4 Å². The number of rotatable bonds is 12. The van der Waals surface area contributed by atoms with Crippen molar-refractivity contribution in [1.29, 1.82) is 0 Å². The van der Waals surface area contributed by atoms with Gasteiger partial charge in [0, 0.05) is 49.3 Å². The van der Waals surface area contributed by atoms with Crippen LogP contribution in [0.4, 0.5) is 4.79 Å². The molecular formula is C39H42N6O6. The van der Waals surface area contributed by atoms with Gasteiger partial charge in [-0.2, -0.15) is 0 Å². The van der Waals surface area contributed by atoms with Gasteiger partial charge in [-0.1, -0.05) is 66.7 Å². The standard InChI is InChI=1S/C39H42N6O6/c1-4-18-43-25-36(48)44-33(20-27-14-16-30(46)17-15-27)38(49)42(24-35(44)45(43)39(50)41-21-28-10-7-6-8-11-28)23-29-12-9-13-31-32(22-40-37(29)31)34(47)19-26(3)51-5-2/h4,6-17,19,22,33,35,40,46H,1,5,18,20-21,23-25H2,2-3H3,(H,41,50)/b26-19-/t33-,35-/m0/s1. The number of fused-ring (bicyclic) bond motifs is 2. The Morgan fingerprint density at radius 2 is 1.80 bits per heavy atom. The molecule has 51 heavy (non-hydrogen) atoms. The molecule has 2 aliphatic heterocycles. The summed E-state index contributed by atoms with van der Waals surface area (Å²) in [4.78, 5) is 62.0. The van der Waals surface area contributed by atoms with E-state index in [4.69, 9.17) is 4.74 Å². The highest BCUT2D eigenvalue weighted by Crippen LogP contribution is 2.31. The van der Waals surface area contributed by atoms with Gasteiger partial charge in [0.15, 0.2) is 5.78 Å². The van der Waals surface area contributed by atoms with Gasteiger partial charge in [-0.25, -0.2) is 14.8 Å². The van der Waals surface area contributed by atoms with Crippen molar-refractivity contribution in [2.24, 2.45) is 0 Å². The van der Waals surface area contributed by atoms with Crippen molar-refractivity contribution >= 4 is 34.5 Å². The minimum absolute atomic E-state index is 0.0439. The van der Waals surface area contributed by atoms with Gasteiger partial charge >= 0.3 is 6.03 Å². The lowest BCUT2D eigenvalue weighted by atomic mass is 9.98. The smallest absolute Gasteiger partial charge is 0.334 e. The summed E-state index contributed by atoms with van der Waals surface area (Å²) in [5.41, 5.74) is 3.62. The van der Waals surface area contributed by atoms with Crippen molar-refractivity contribution in [2.75, 3.05) is 26.2 Å². The Bertz CT molecular complexity index is 1960. The number of phenols is 1. The number of amides is 4. The van der Waals surface area contributed by atoms with Crippen LogP contribution in [0.1, 0.15) is 40.9 Å². The number of nitrogens with zero attached hydrogens (tertiary/aromatic N) is 4. The van der Waals surface area contributed by atoms with E-state index in [1.807, 2.05) is 55.5 Å². The number of hydrogen-bond acceptors (Lipinski definition) is 7. The van der Waals surface area contributed by atoms with E-state index in [1.165, 1.54) is 16.0 Å². The number of nitrogens with one attached hydrogen (secondary N) is 2. The van der Waals surface area contributed by atoms with Crippen LogP contribution < -0.4 is 5.32 Å². The zero-order valence-corrected chi connectivity index (χ0v) is 28.7. The molecule has 3 N–H and O–H groups in total. The molecule has 12 heteroatoms. The molecule has 4 aromatic rings. The molecule has 264 valence electrons. The molecule has 6 rings (SSSR count). The predicted molar refractivity (Wildman–Crippen MR) is 192 cm³/mol. The van der Waals surface area contributed by atoms with Crippen LogP contribution in [0.2, 0.25) is 0 Å². The summed E-state index contributed by atoms with van der Waals surface area (Å²) in [6, 6.07) is 20.3. The highest BCUT2D eigenvalue weighted by Gasteiger charge is 2.51. The number of urea groups is 1. The third-order valence-electron chi connectivity index (χ3n) is 9.16. The molecule has 0 bridgehead atoms. The minimum atomic E-state index is -0.928. The number of hydrazine groups is 1. The van der Waals surface area contributed by atoms with Gasteiger partial charge < -0.3 is 29.9 Å². The molecule has 4 amide bonds. The summed E-state index contributed by atoms with van der Waals surface area (Å²) in [7, 11) is 0. The van der Waals surface area contributed by atoms with E-state index in [-0.39, 0.29) is 62.5 Å². The molecule has 1 aromatic heterocycles. The van der Waals surface area contributed by atoms with Crippen LogP contribution in [0.3, 0.4) is 0 Å². The molecule has 0 unspecified atom stereocenters. The molecule has 2 saturated heterocycles. The molecule has 0 spiro atoms. The number of ether oxygens (including phenoxy) is 1. The molecule has 0 aliphatic carbocycles. The number of piperazine rings is 1. The zero-order valence-electron chi connectivity index (χ0n) is 28.7. The molecule has 0 saturated carbocycles. The summed E-state index contributed by atoms with van der Waals surface area (Å²) >= 11 is 0. The summed E-state index contributed by atoms with van der Waals surface area (Å²) in [5, 5.41) is 16.8. The third-order valence-corrected chi connectivity index (χ3v) is 9.16. The average Bonchev–Trinajstić information content (AvgIpc) is 3.56. The van der Waals surface area contributed by atoms with Crippen molar-refractivity contribution < 1.29 is 29.0 Å². The third kappa shape index (κ3) is 7.51. The van der Waals surface area contributed by atoms with Gasteiger partial charge in [-0.15, -0.1) is 6.58 Å². The van der Waals surface area contributed by atoms with Gasteiger partial charge in [0.2, 0.25) is 11.8 Å². The SMILES string of the molecule is C=CCN1CC(=O)N2[C@@H](Cc3ccc(O)cc3)C(=O)N(Cc3cccc4c(C(=O)/C=C(/C)OCC)c[nH]c34)C[C@@H]2N1C(=O)NCc1ccccc1. The number of phenolic OH excluding ortho intramolecular Hbond substituents is 1. The second-order valence-electron chi connectivity index (χ2n) is 12.6. The first-order valence-electron chi connectivity index (χ1n) is 17.0. The fourth-order valence-corrected chi connectivity index (χ4v) is 6.84. The first kappa shape index (κ1) is 35.0. The highest BCUT2D eigenvalue weighted by atomic mass is 16.5. The van der Waals surface area contributed by atoms with Crippen molar-refractivity contribution in [3.05, 3.63) is 126 Å². The van der Waals surface area contributed by atoms with Gasteiger partial charge in [0.25, 0.3) is 0 Å². The largest absolute Gasteiger partial charge is 0.508 e. The van der Waals surface area contributed by atoms with Crippen molar-refractivity contribution in [3.63, 3.8) is 0 Å². The van der Waals surface area contributed by atoms with Crippen LogP contribution >= 0.6 is 0 Å². The van der Waals surface area contributed by atoms with Gasteiger partial charge in [0.1, 0.15) is 18.0 Å². The molecule has 3 aromatic carbocycles. The number of carbonyl (C=O) groups is 4. The number of ketones is 1. The number of aromatic nitrogens is 1. The van der Waals surface area contributed by atoms with Gasteiger partial charge in [0.05, 0.1) is 31.0 Å². The maximum Gasteiger partial charge on any atom is 0.334 e. The minimum Gasteiger partial charge on any atom is -0.508 e. The van der Waals surface area contributed by atoms with Crippen LogP contribution in [-0.4, -0.2) is 92.0 Å². The quantitative estimate of drug-likeness (QED) is 0.0846. The second kappa shape index (κ2) is 15.3. The Balaban J connectivity index is 1.36. The second-order valence-corrected chi connectivity index (χ2v) is 12.6. The van der Waals surface area contributed by atoms with E-state index in [0.29, 0.717) is 28.8 Å². The average molecular weight is 691 g/mol.